The van der Waals surface area contributed by atoms with Gasteiger partial charge in [-0.1, -0.05) is 11.6 Å². The zero-order valence-corrected chi connectivity index (χ0v) is 13.7. The van der Waals surface area contributed by atoms with Gasteiger partial charge in [-0.05, 0) is 29.8 Å². The number of nitrogens with zero attached hydrogens (tertiary/aromatic N) is 2. The van der Waals surface area contributed by atoms with Crippen molar-refractivity contribution in [3.8, 4) is 11.8 Å². The predicted octanol–water partition coefficient (Wildman–Crippen LogP) is 2.11. The highest BCUT2D eigenvalue weighted by Gasteiger charge is 2.25. The number of nitriles is 1. The fourth-order valence-electron chi connectivity index (χ4n) is 2.78. The lowest BCUT2D eigenvalue weighted by Crippen LogP contribution is -2.37. The SMILES string of the molecule is COc1ccc(Cl)cc1C(=O)N1CCc2[nH]c(=O)c(C#N)cc2C1. The number of hydrogen-bond acceptors (Lipinski definition) is 4. The Morgan fingerprint density at radius 2 is 2.21 bits per heavy atom. The molecule has 0 radical (unpaired) electrons. The summed E-state index contributed by atoms with van der Waals surface area (Å²) < 4.78 is 5.24. The van der Waals surface area contributed by atoms with Crippen LogP contribution >= 0.6 is 11.6 Å². The summed E-state index contributed by atoms with van der Waals surface area (Å²) in [5, 5.41) is 9.44. The molecule has 0 fully saturated rings. The van der Waals surface area contributed by atoms with Gasteiger partial charge in [-0.3, -0.25) is 9.59 Å². The van der Waals surface area contributed by atoms with Crippen LogP contribution in [-0.4, -0.2) is 29.4 Å². The third kappa shape index (κ3) is 2.86. The van der Waals surface area contributed by atoms with Crippen LogP contribution in [0.4, 0.5) is 0 Å². The molecule has 0 bridgehead atoms. The van der Waals surface area contributed by atoms with Gasteiger partial charge in [0.15, 0.2) is 0 Å². The summed E-state index contributed by atoms with van der Waals surface area (Å²) in [6.45, 7) is 0.776. The average molecular weight is 344 g/mol. The Hall–Kier alpha value is -2.78. The molecule has 1 amide bonds. The fourth-order valence-corrected chi connectivity index (χ4v) is 2.95. The van der Waals surface area contributed by atoms with Crippen molar-refractivity contribution in [1.82, 2.24) is 9.88 Å². The van der Waals surface area contributed by atoms with Crippen LogP contribution in [0.1, 0.15) is 27.2 Å². The quantitative estimate of drug-likeness (QED) is 0.904. The molecule has 1 aliphatic heterocycles. The second-order valence-electron chi connectivity index (χ2n) is 5.45. The Labute approximate surface area is 143 Å². The molecule has 0 unspecified atom stereocenters. The zero-order valence-electron chi connectivity index (χ0n) is 12.9. The Morgan fingerprint density at radius 1 is 1.42 bits per heavy atom. The van der Waals surface area contributed by atoms with Gasteiger partial charge in [0.1, 0.15) is 17.4 Å². The molecule has 0 atom stereocenters. The van der Waals surface area contributed by atoms with E-state index in [9.17, 15) is 9.59 Å². The number of pyridine rings is 1. The number of halogens is 1. The van der Waals surface area contributed by atoms with Gasteiger partial charge in [0.05, 0.1) is 12.7 Å². The van der Waals surface area contributed by atoms with E-state index in [1.54, 1.807) is 29.2 Å². The summed E-state index contributed by atoms with van der Waals surface area (Å²) in [6.07, 6.45) is 0.519. The van der Waals surface area contributed by atoms with Crippen LogP contribution in [0.5, 0.6) is 5.75 Å². The van der Waals surface area contributed by atoms with E-state index in [2.05, 4.69) is 4.98 Å². The number of carbonyl (C=O) groups excluding carboxylic acids is 1. The molecule has 0 spiro atoms. The first-order valence-electron chi connectivity index (χ1n) is 7.31. The fraction of sp³-hybridized carbons (Fsp3) is 0.235. The van der Waals surface area contributed by atoms with Gasteiger partial charge in [0, 0.05) is 30.2 Å². The minimum absolute atomic E-state index is 0.0448. The van der Waals surface area contributed by atoms with Gasteiger partial charge in [-0.2, -0.15) is 5.26 Å². The number of H-pyrrole nitrogens is 1. The summed E-state index contributed by atoms with van der Waals surface area (Å²) in [7, 11) is 1.50. The van der Waals surface area contributed by atoms with Crippen molar-refractivity contribution < 1.29 is 9.53 Å². The molecule has 0 saturated heterocycles. The van der Waals surface area contributed by atoms with Gasteiger partial charge in [0.2, 0.25) is 0 Å². The molecular formula is C17H14ClN3O3. The zero-order chi connectivity index (χ0) is 17.3. The van der Waals surface area contributed by atoms with Gasteiger partial charge in [-0.15, -0.1) is 0 Å². The van der Waals surface area contributed by atoms with Gasteiger partial charge in [0.25, 0.3) is 11.5 Å². The van der Waals surface area contributed by atoms with E-state index in [1.807, 2.05) is 6.07 Å². The third-order valence-corrected chi connectivity index (χ3v) is 4.24. The minimum atomic E-state index is -0.396. The highest BCUT2D eigenvalue weighted by molar-refractivity contribution is 6.31. The van der Waals surface area contributed by atoms with Crippen molar-refractivity contribution in [2.45, 2.75) is 13.0 Å². The highest BCUT2D eigenvalue weighted by Crippen LogP contribution is 2.26. The van der Waals surface area contributed by atoms with E-state index >= 15 is 0 Å². The molecule has 0 aliphatic carbocycles. The molecule has 1 aromatic heterocycles. The number of fused-ring (bicyclic) bond motifs is 1. The Balaban J connectivity index is 1.93. The molecule has 2 heterocycles. The van der Waals surface area contributed by atoms with Gasteiger partial charge >= 0.3 is 0 Å². The lowest BCUT2D eigenvalue weighted by molar-refractivity contribution is 0.0730. The summed E-state index contributed by atoms with van der Waals surface area (Å²) in [5.74, 6) is 0.249. The topological polar surface area (TPSA) is 86.2 Å². The summed E-state index contributed by atoms with van der Waals surface area (Å²) in [4.78, 5) is 28.9. The van der Waals surface area contributed by atoms with Crippen LogP contribution in [0.25, 0.3) is 0 Å². The van der Waals surface area contributed by atoms with E-state index in [1.165, 1.54) is 7.11 Å². The number of carbonyl (C=O) groups is 1. The Morgan fingerprint density at radius 3 is 2.92 bits per heavy atom. The standard InChI is InChI=1S/C17H14ClN3O3/c1-24-15-3-2-12(18)7-13(15)17(23)21-5-4-14-11(9-21)6-10(8-19)16(22)20-14/h2-3,6-7H,4-5,9H2,1H3,(H,20,22). The largest absolute Gasteiger partial charge is 0.496 e. The van der Waals surface area contributed by atoms with E-state index in [0.29, 0.717) is 35.8 Å². The van der Waals surface area contributed by atoms with Crippen LogP contribution in [0.2, 0.25) is 5.02 Å². The van der Waals surface area contributed by atoms with Crippen LogP contribution in [0.15, 0.2) is 29.1 Å². The first-order valence-corrected chi connectivity index (χ1v) is 7.69. The molecule has 122 valence electrons. The maximum absolute atomic E-state index is 12.8. The van der Waals surface area contributed by atoms with Crippen molar-refractivity contribution in [3.63, 3.8) is 0 Å². The molecule has 0 saturated carbocycles. The number of hydrogen-bond donors (Lipinski definition) is 1. The second kappa shape index (κ2) is 6.38. The number of methoxy groups -OCH3 is 1. The minimum Gasteiger partial charge on any atom is -0.496 e. The average Bonchev–Trinajstić information content (AvgIpc) is 2.60. The molecule has 7 heteroatoms. The summed E-state index contributed by atoms with van der Waals surface area (Å²) in [6, 6.07) is 8.29. The molecule has 1 N–H and O–H groups in total. The smallest absolute Gasteiger partial charge is 0.266 e. The first kappa shape index (κ1) is 16.1. The molecule has 24 heavy (non-hydrogen) atoms. The number of amides is 1. The lowest BCUT2D eigenvalue weighted by Gasteiger charge is -2.29. The van der Waals surface area contributed by atoms with E-state index in [-0.39, 0.29) is 11.5 Å². The third-order valence-electron chi connectivity index (χ3n) is 4.01. The number of rotatable bonds is 2. The van der Waals surface area contributed by atoms with Crippen molar-refractivity contribution >= 4 is 17.5 Å². The van der Waals surface area contributed by atoms with Crippen LogP contribution < -0.4 is 10.3 Å². The lowest BCUT2D eigenvalue weighted by atomic mass is 10.0. The summed E-state index contributed by atoms with van der Waals surface area (Å²) >= 11 is 5.99. The molecule has 2 aromatic rings. The van der Waals surface area contributed by atoms with Gasteiger partial charge in [-0.25, -0.2) is 0 Å². The van der Waals surface area contributed by atoms with E-state index in [4.69, 9.17) is 21.6 Å². The maximum Gasteiger partial charge on any atom is 0.266 e. The van der Waals surface area contributed by atoms with Crippen LogP contribution in [0.3, 0.4) is 0 Å². The molecule has 1 aromatic carbocycles. The van der Waals surface area contributed by atoms with Crippen molar-refractivity contribution in [3.05, 3.63) is 62.0 Å². The predicted molar refractivity (Wildman–Crippen MR) is 88.2 cm³/mol. The van der Waals surface area contributed by atoms with Crippen molar-refractivity contribution in [2.75, 3.05) is 13.7 Å². The van der Waals surface area contributed by atoms with Crippen LogP contribution in [0, 0.1) is 11.3 Å². The Kier molecular flexibility index (Phi) is 4.28. The van der Waals surface area contributed by atoms with Crippen molar-refractivity contribution in [1.29, 1.82) is 5.26 Å². The maximum atomic E-state index is 12.8. The van der Waals surface area contributed by atoms with Gasteiger partial charge < -0.3 is 14.6 Å². The van der Waals surface area contributed by atoms with E-state index < -0.39 is 5.56 Å². The monoisotopic (exact) mass is 343 g/mol. The van der Waals surface area contributed by atoms with E-state index in [0.717, 1.165) is 11.3 Å². The summed E-state index contributed by atoms with van der Waals surface area (Å²) in [5.41, 5.74) is 1.57. The molecule has 6 nitrogen and oxygen atoms in total. The number of nitrogens with one attached hydrogen (secondary N) is 1. The second-order valence-corrected chi connectivity index (χ2v) is 5.89. The molecular weight excluding hydrogens is 330 g/mol. The Bertz CT molecular complexity index is 914. The highest BCUT2D eigenvalue weighted by atomic mass is 35.5. The number of benzene rings is 1. The number of aromatic nitrogens is 1. The first-order chi connectivity index (χ1) is 11.5. The normalized spacial score (nSPS) is 13.1. The number of ether oxygens (including phenoxy) is 1. The van der Waals surface area contributed by atoms with Crippen LogP contribution in [-0.2, 0) is 13.0 Å². The molecule has 3 rings (SSSR count). The molecule has 1 aliphatic rings. The van der Waals surface area contributed by atoms with Crippen molar-refractivity contribution in [2.24, 2.45) is 0 Å². The number of aromatic amines is 1.